The van der Waals surface area contributed by atoms with Crippen LogP contribution in [-0.2, 0) is 11.6 Å². The Bertz CT molecular complexity index is 392. The molecule has 0 saturated heterocycles. The lowest BCUT2D eigenvalue weighted by molar-refractivity contribution is -0.141. The third-order valence-electron chi connectivity index (χ3n) is 3.87. The normalized spacial score (nSPS) is 19.8. The van der Waals surface area contributed by atoms with E-state index in [0.29, 0.717) is 6.54 Å². The van der Waals surface area contributed by atoms with Crippen molar-refractivity contribution in [2.75, 3.05) is 6.54 Å². The fourth-order valence-electron chi connectivity index (χ4n) is 2.71. The number of pyridine rings is 1. The molecule has 2 rings (SSSR count). The highest BCUT2D eigenvalue weighted by Crippen LogP contribution is 2.39. The summed E-state index contributed by atoms with van der Waals surface area (Å²) in [6.07, 6.45) is 2.20. The molecule has 0 unspecified atom stereocenters. The van der Waals surface area contributed by atoms with Gasteiger partial charge in [-0.1, -0.05) is 25.3 Å². The molecule has 18 heavy (non-hydrogen) atoms. The Morgan fingerprint density at radius 3 is 2.28 bits per heavy atom. The van der Waals surface area contributed by atoms with Crippen LogP contribution in [0.15, 0.2) is 18.3 Å². The molecule has 0 radical (unpaired) electrons. The molecular weight excluding hydrogens is 241 g/mol. The number of nitrogens with zero attached hydrogens (tertiary/aromatic N) is 1. The Kier molecular flexibility index (Phi) is 3.61. The predicted octanol–water partition coefficient (Wildman–Crippen LogP) is 3.26. The third-order valence-corrected chi connectivity index (χ3v) is 3.87. The van der Waals surface area contributed by atoms with E-state index in [1.807, 2.05) is 0 Å². The summed E-state index contributed by atoms with van der Waals surface area (Å²) in [5.74, 6) is 0. The molecule has 0 bridgehead atoms. The first-order chi connectivity index (χ1) is 8.48. The maximum atomic E-state index is 12.5. The van der Waals surface area contributed by atoms with E-state index in [0.717, 1.165) is 37.3 Å². The minimum absolute atomic E-state index is 0.171. The summed E-state index contributed by atoms with van der Waals surface area (Å²) < 4.78 is 37.4. The molecule has 1 saturated carbocycles. The monoisotopic (exact) mass is 258 g/mol. The zero-order valence-corrected chi connectivity index (χ0v) is 10.1. The number of aromatic nitrogens is 1. The summed E-state index contributed by atoms with van der Waals surface area (Å²) in [7, 11) is 0. The summed E-state index contributed by atoms with van der Waals surface area (Å²) in [6.45, 7) is 0.472. The molecule has 0 aromatic carbocycles. The molecule has 1 aliphatic rings. The number of nitrogens with two attached hydrogens (primary N) is 1. The van der Waals surface area contributed by atoms with Gasteiger partial charge in [0.2, 0.25) is 0 Å². The molecule has 100 valence electrons. The second-order valence-corrected chi connectivity index (χ2v) is 4.97. The average Bonchev–Trinajstić information content (AvgIpc) is 2.39. The first-order valence-electron chi connectivity index (χ1n) is 6.22. The van der Waals surface area contributed by atoms with Gasteiger partial charge < -0.3 is 5.73 Å². The maximum Gasteiger partial charge on any atom is 0.433 e. The maximum absolute atomic E-state index is 12.5. The van der Waals surface area contributed by atoms with Gasteiger partial charge in [-0.3, -0.25) is 4.98 Å². The minimum Gasteiger partial charge on any atom is -0.330 e. The Morgan fingerprint density at radius 1 is 1.17 bits per heavy atom. The zero-order valence-electron chi connectivity index (χ0n) is 10.1. The largest absolute Gasteiger partial charge is 0.433 e. The van der Waals surface area contributed by atoms with Gasteiger partial charge in [-0.2, -0.15) is 13.2 Å². The number of rotatable bonds is 2. The molecule has 0 aliphatic heterocycles. The predicted molar refractivity (Wildman–Crippen MR) is 63.1 cm³/mol. The van der Waals surface area contributed by atoms with Crippen molar-refractivity contribution < 1.29 is 13.2 Å². The van der Waals surface area contributed by atoms with Gasteiger partial charge in [0.15, 0.2) is 0 Å². The number of halogens is 3. The van der Waals surface area contributed by atoms with Crippen LogP contribution in [0.2, 0.25) is 0 Å². The SMILES string of the molecule is NCC1(c2ccc(C(F)(F)F)nc2)CCCCC1. The Hall–Kier alpha value is -1.10. The first kappa shape index (κ1) is 13.3. The van der Waals surface area contributed by atoms with Crippen LogP contribution in [0.4, 0.5) is 13.2 Å². The molecule has 2 nitrogen and oxygen atoms in total. The molecule has 5 heteroatoms. The molecule has 0 atom stereocenters. The van der Waals surface area contributed by atoms with Crippen molar-refractivity contribution in [1.82, 2.24) is 4.98 Å². The van der Waals surface area contributed by atoms with E-state index in [1.54, 1.807) is 0 Å². The van der Waals surface area contributed by atoms with Crippen LogP contribution in [0.3, 0.4) is 0 Å². The van der Waals surface area contributed by atoms with Gasteiger partial charge in [-0.05, 0) is 24.5 Å². The lowest BCUT2D eigenvalue weighted by Crippen LogP contribution is -2.37. The lowest BCUT2D eigenvalue weighted by atomic mass is 9.70. The minimum atomic E-state index is -4.37. The lowest BCUT2D eigenvalue weighted by Gasteiger charge is -2.36. The van der Waals surface area contributed by atoms with Crippen LogP contribution in [0, 0.1) is 0 Å². The summed E-state index contributed by atoms with van der Waals surface area (Å²) >= 11 is 0. The van der Waals surface area contributed by atoms with E-state index in [2.05, 4.69) is 4.98 Å². The first-order valence-corrected chi connectivity index (χ1v) is 6.22. The van der Waals surface area contributed by atoms with E-state index in [-0.39, 0.29) is 5.41 Å². The molecular formula is C13H17F3N2. The van der Waals surface area contributed by atoms with Gasteiger partial charge in [0.05, 0.1) is 0 Å². The van der Waals surface area contributed by atoms with E-state index in [1.165, 1.54) is 18.7 Å². The second kappa shape index (κ2) is 4.88. The fraction of sp³-hybridized carbons (Fsp3) is 0.615. The van der Waals surface area contributed by atoms with Crippen LogP contribution < -0.4 is 5.73 Å². The highest BCUT2D eigenvalue weighted by Gasteiger charge is 2.35. The van der Waals surface area contributed by atoms with Gasteiger partial charge in [-0.25, -0.2) is 0 Å². The smallest absolute Gasteiger partial charge is 0.330 e. The molecule has 1 aromatic heterocycles. The highest BCUT2D eigenvalue weighted by atomic mass is 19.4. The van der Waals surface area contributed by atoms with Crippen LogP contribution in [0.1, 0.15) is 43.4 Å². The number of alkyl halides is 3. The van der Waals surface area contributed by atoms with Crippen LogP contribution >= 0.6 is 0 Å². The molecule has 0 amide bonds. The Morgan fingerprint density at radius 2 is 1.83 bits per heavy atom. The summed E-state index contributed by atoms with van der Waals surface area (Å²) in [4.78, 5) is 3.54. The second-order valence-electron chi connectivity index (χ2n) is 4.97. The average molecular weight is 258 g/mol. The van der Waals surface area contributed by atoms with Crippen molar-refractivity contribution in [3.8, 4) is 0 Å². The summed E-state index contributed by atoms with van der Waals surface area (Å²) in [5.41, 5.74) is 5.68. The van der Waals surface area contributed by atoms with Gasteiger partial charge in [0.1, 0.15) is 5.69 Å². The third kappa shape index (κ3) is 2.51. The van der Waals surface area contributed by atoms with Gasteiger partial charge in [0.25, 0.3) is 0 Å². The van der Waals surface area contributed by atoms with Gasteiger partial charge in [-0.15, -0.1) is 0 Å². The van der Waals surface area contributed by atoms with E-state index in [4.69, 9.17) is 5.73 Å². The van der Waals surface area contributed by atoms with Crippen molar-refractivity contribution in [1.29, 1.82) is 0 Å². The molecule has 1 aliphatic carbocycles. The van der Waals surface area contributed by atoms with Crippen molar-refractivity contribution in [2.45, 2.75) is 43.7 Å². The standard InChI is InChI=1S/C13H17F3N2/c14-13(15,16)11-5-4-10(8-18-11)12(9-17)6-2-1-3-7-12/h4-5,8H,1-3,6-7,9,17H2. The topological polar surface area (TPSA) is 38.9 Å². The van der Waals surface area contributed by atoms with Crippen molar-refractivity contribution >= 4 is 0 Å². The van der Waals surface area contributed by atoms with E-state index < -0.39 is 11.9 Å². The van der Waals surface area contributed by atoms with Crippen LogP contribution in [0.5, 0.6) is 0 Å². The molecule has 1 heterocycles. The Balaban J connectivity index is 2.27. The van der Waals surface area contributed by atoms with E-state index in [9.17, 15) is 13.2 Å². The van der Waals surface area contributed by atoms with Crippen molar-refractivity contribution in [2.24, 2.45) is 5.73 Å². The molecule has 0 spiro atoms. The zero-order chi connectivity index (χ0) is 13.2. The van der Waals surface area contributed by atoms with Crippen LogP contribution in [-0.4, -0.2) is 11.5 Å². The van der Waals surface area contributed by atoms with Crippen molar-refractivity contribution in [3.63, 3.8) is 0 Å². The number of hydrogen-bond acceptors (Lipinski definition) is 2. The molecule has 2 N–H and O–H groups in total. The summed E-state index contributed by atoms with van der Waals surface area (Å²) in [6, 6.07) is 2.59. The Labute approximate surface area is 104 Å². The van der Waals surface area contributed by atoms with E-state index >= 15 is 0 Å². The summed E-state index contributed by atoms with van der Waals surface area (Å²) in [5, 5.41) is 0. The fourth-order valence-corrected chi connectivity index (χ4v) is 2.71. The quantitative estimate of drug-likeness (QED) is 0.884. The van der Waals surface area contributed by atoms with Crippen molar-refractivity contribution in [3.05, 3.63) is 29.6 Å². The van der Waals surface area contributed by atoms with Gasteiger partial charge >= 0.3 is 6.18 Å². The molecule has 1 fully saturated rings. The highest BCUT2D eigenvalue weighted by molar-refractivity contribution is 5.26. The van der Waals surface area contributed by atoms with Crippen LogP contribution in [0.25, 0.3) is 0 Å². The molecule has 1 aromatic rings. The number of hydrogen-bond donors (Lipinski definition) is 1. The van der Waals surface area contributed by atoms with Gasteiger partial charge in [0, 0.05) is 18.2 Å².